The van der Waals surface area contributed by atoms with Crippen LogP contribution in [0.4, 0.5) is 0 Å². The van der Waals surface area contributed by atoms with Crippen LogP contribution >= 0.6 is 0 Å². The molecule has 3 nitrogen and oxygen atoms in total. The van der Waals surface area contributed by atoms with Gasteiger partial charge in [-0.3, -0.25) is 0 Å². The molecule has 0 aromatic rings. The van der Waals surface area contributed by atoms with Crippen LogP contribution in [0, 0.1) is 17.2 Å². The number of nitrogens with one attached hydrogen (secondary N) is 1. The normalized spacial score (nSPS) is 18.9. The maximum Gasteiger partial charge on any atom is 0.0981 e. The predicted molar refractivity (Wildman–Crippen MR) is 67.1 cm³/mol. The van der Waals surface area contributed by atoms with Crippen LogP contribution in [-0.2, 0) is 0 Å². The lowest BCUT2D eigenvalue weighted by Crippen LogP contribution is -2.39. The highest BCUT2D eigenvalue weighted by Crippen LogP contribution is 2.27. The summed E-state index contributed by atoms with van der Waals surface area (Å²) >= 11 is 0. The van der Waals surface area contributed by atoms with E-state index in [1.54, 1.807) is 0 Å². The number of likely N-dealkylation sites (N-methyl/N-ethyl adjacent to an activating group) is 1. The van der Waals surface area contributed by atoms with E-state index in [1.165, 1.54) is 25.7 Å². The SMILES string of the molecule is CCN(CC)CCNC(C#N)C1CCCC1. The van der Waals surface area contributed by atoms with Crippen LogP contribution in [0.25, 0.3) is 0 Å². The average molecular weight is 223 g/mol. The van der Waals surface area contributed by atoms with Gasteiger partial charge in [-0.1, -0.05) is 26.7 Å². The molecular weight excluding hydrogens is 198 g/mol. The third-order valence-electron chi connectivity index (χ3n) is 3.70. The molecule has 0 aromatic heterocycles. The van der Waals surface area contributed by atoms with Gasteiger partial charge in [-0.05, 0) is 31.8 Å². The molecule has 0 saturated heterocycles. The second kappa shape index (κ2) is 7.65. The minimum Gasteiger partial charge on any atom is -0.303 e. The molecule has 0 aliphatic heterocycles. The second-order valence-corrected chi connectivity index (χ2v) is 4.63. The highest BCUT2D eigenvalue weighted by Gasteiger charge is 2.24. The van der Waals surface area contributed by atoms with Gasteiger partial charge >= 0.3 is 0 Å². The molecule has 0 spiro atoms. The molecule has 0 heterocycles. The Kier molecular flexibility index (Phi) is 6.44. The van der Waals surface area contributed by atoms with E-state index in [1.807, 2.05) is 0 Å². The number of nitrogens with zero attached hydrogens (tertiary/aromatic N) is 2. The van der Waals surface area contributed by atoms with Crippen molar-refractivity contribution in [2.75, 3.05) is 26.2 Å². The van der Waals surface area contributed by atoms with Gasteiger partial charge in [0.15, 0.2) is 0 Å². The molecule has 0 bridgehead atoms. The fourth-order valence-corrected chi connectivity index (χ4v) is 2.53. The quantitative estimate of drug-likeness (QED) is 0.717. The largest absolute Gasteiger partial charge is 0.303 e. The van der Waals surface area contributed by atoms with E-state index in [0.717, 1.165) is 26.2 Å². The van der Waals surface area contributed by atoms with Crippen molar-refractivity contribution in [2.45, 2.75) is 45.6 Å². The first kappa shape index (κ1) is 13.5. The Morgan fingerprint density at radius 2 is 1.94 bits per heavy atom. The van der Waals surface area contributed by atoms with Crippen molar-refractivity contribution >= 4 is 0 Å². The molecule has 0 amide bonds. The molecule has 3 heteroatoms. The van der Waals surface area contributed by atoms with E-state index in [4.69, 9.17) is 5.26 Å². The number of hydrogen-bond donors (Lipinski definition) is 1. The van der Waals surface area contributed by atoms with E-state index in [-0.39, 0.29) is 6.04 Å². The summed E-state index contributed by atoms with van der Waals surface area (Å²) < 4.78 is 0. The standard InChI is InChI=1S/C13H25N3/c1-3-16(4-2)10-9-15-13(11-14)12-7-5-6-8-12/h12-13,15H,3-10H2,1-2H3. The van der Waals surface area contributed by atoms with Gasteiger partial charge in [-0.2, -0.15) is 5.26 Å². The molecule has 1 aliphatic rings. The van der Waals surface area contributed by atoms with Crippen molar-refractivity contribution in [1.82, 2.24) is 10.2 Å². The predicted octanol–water partition coefficient (Wildman–Crippen LogP) is 2.00. The van der Waals surface area contributed by atoms with Crippen molar-refractivity contribution in [3.63, 3.8) is 0 Å². The topological polar surface area (TPSA) is 39.1 Å². The molecule has 1 unspecified atom stereocenters. The second-order valence-electron chi connectivity index (χ2n) is 4.63. The summed E-state index contributed by atoms with van der Waals surface area (Å²) in [4.78, 5) is 2.39. The van der Waals surface area contributed by atoms with E-state index in [9.17, 15) is 0 Å². The van der Waals surface area contributed by atoms with E-state index in [0.29, 0.717) is 5.92 Å². The molecule has 1 fully saturated rings. The van der Waals surface area contributed by atoms with Gasteiger partial charge in [0.1, 0.15) is 0 Å². The first-order chi connectivity index (χ1) is 7.81. The summed E-state index contributed by atoms with van der Waals surface area (Å²) in [6, 6.07) is 2.51. The van der Waals surface area contributed by atoms with E-state index < -0.39 is 0 Å². The Hall–Kier alpha value is -0.590. The summed E-state index contributed by atoms with van der Waals surface area (Å²) in [7, 11) is 0. The number of rotatable bonds is 7. The maximum atomic E-state index is 9.14. The van der Waals surface area contributed by atoms with Gasteiger partial charge in [-0.25, -0.2) is 0 Å². The zero-order valence-corrected chi connectivity index (χ0v) is 10.7. The molecule has 1 aliphatic carbocycles. The fourth-order valence-electron chi connectivity index (χ4n) is 2.53. The van der Waals surface area contributed by atoms with Gasteiger partial charge in [0.2, 0.25) is 0 Å². The van der Waals surface area contributed by atoms with Crippen molar-refractivity contribution in [1.29, 1.82) is 5.26 Å². The molecule has 1 N–H and O–H groups in total. The monoisotopic (exact) mass is 223 g/mol. The smallest absolute Gasteiger partial charge is 0.0981 e. The van der Waals surface area contributed by atoms with Crippen molar-refractivity contribution in [3.05, 3.63) is 0 Å². The van der Waals surface area contributed by atoms with Crippen molar-refractivity contribution < 1.29 is 0 Å². The van der Waals surface area contributed by atoms with Gasteiger partial charge < -0.3 is 10.2 Å². The third-order valence-corrected chi connectivity index (χ3v) is 3.70. The third kappa shape index (κ3) is 4.11. The fraction of sp³-hybridized carbons (Fsp3) is 0.923. The van der Waals surface area contributed by atoms with Gasteiger partial charge in [0, 0.05) is 13.1 Å². The molecular formula is C13H25N3. The summed E-state index contributed by atoms with van der Waals surface area (Å²) in [5, 5.41) is 12.5. The highest BCUT2D eigenvalue weighted by atomic mass is 15.1. The van der Waals surface area contributed by atoms with E-state index in [2.05, 4.69) is 30.1 Å². The first-order valence-corrected chi connectivity index (χ1v) is 6.67. The molecule has 92 valence electrons. The first-order valence-electron chi connectivity index (χ1n) is 6.67. The van der Waals surface area contributed by atoms with Gasteiger partial charge in [-0.15, -0.1) is 0 Å². The van der Waals surface area contributed by atoms with Crippen LogP contribution in [0.1, 0.15) is 39.5 Å². The molecule has 0 aromatic carbocycles. The zero-order chi connectivity index (χ0) is 11.8. The maximum absolute atomic E-state index is 9.14. The lowest BCUT2D eigenvalue weighted by Gasteiger charge is -2.22. The highest BCUT2D eigenvalue weighted by molar-refractivity contribution is 4.96. The van der Waals surface area contributed by atoms with Crippen molar-refractivity contribution in [2.24, 2.45) is 5.92 Å². The van der Waals surface area contributed by atoms with E-state index >= 15 is 0 Å². The lowest BCUT2D eigenvalue weighted by atomic mass is 9.99. The average Bonchev–Trinajstić information content (AvgIpc) is 2.83. The summed E-state index contributed by atoms with van der Waals surface area (Å²) in [6.45, 7) is 8.55. The van der Waals surface area contributed by atoms with Gasteiger partial charge in [0.25, 0.3) is 0 Å². The summed E-state index contributed by atoms with van der Waals surface area (Å²) in [6.07, 6.45) is 5.08. The summed E-state index contributed by atoms with van der Waals surface area (Å²) in [5.74, 6) is 0.599. The minimum atomic E-state index is 0.0815. The molecule has 1 atom stereocenters. The molecule has 1 rings (SSSR count). The Balaban J connectivity index is 2.21. The van der Waals surface area contributed by atoms with Crippen LogP contribution in [0.15, 0.2) is 0 Å². The summed E-state index contributed by atoms with van der Waals surface area (Å²) in [5.41, 5.74) is 0. The molecule has 0 radical (unpaired) electrons. The number of hydrogen-bond acceptors (Lipinski definition) is 3. The van der Waals surface area contributed by atoms with Crippen LogP contribution < -0.4 is 5.32 Å². The molecule has 1 saturated carbocycles. The Labute approximate surface area is 99.8 Å². The Morgan fingerprint density at radius 1 is 1.31 bits per heavy atom. The lowest BCUT2D eigenvalue weighted by molar-refractivity contribution is 0.292. The minimum absolute atomic E-state index is 0.0815. The van der Waals surface area contributed by atoms with Crippen LogP contribution in [0.2, 0.25) is 0 Å². The zero-order valence-electron chi connectivity index (χ0n) is 10.7. The van der Waals surface area contributed by atoms with Crippen LogP contribution in [-0.4, -0.2) is 37.1 Å². The van der Waals surface area contributed by atoms with Crippen molar-refractivity contribution in [3.8, 4) is 6.07 Å². The molecule has 16 heavy (non-hydrogen) atoms. The van der Waals surface area contributed by atoms with Crippen LogP contribution in [0.5, 0.6) is 0 Å². The van der Waals surface area contributed by atoms with Gasteiger partial charge in [0.05, 0.1) is 12.1 Å². The Morgan fingerprint density at radius 3 is 2.44 bits per heavy atom. The number of nitriles is 1. The Bertz CT molecular complexity index is 212. The van der Waals surface area contributed by atoms with Crippen LogP contribution in [0.3, 0.4) is 0 Å².